The average Bonchev–Trinajstić information content (AvgIpc) is 3.71. The molecule has 0 N–H and O–H groups in total. The number of hydrogen-bond donors (Lipinski definition) is 0. The predicted molar refractivity (Wildman–Crippen MR) is 282 cm³/mol. The molecule has 0 radical (unpaired) electrons. The highest BCUT2D eigenvalue weighted by Gasteiger charge is 2.21. The molecule has 2 nitrogen and oxygen atoms in total. The fourth-order valence-electron chi connectivity index (χ4n) is 10.7. The van der Waals surface area contributed by atoms with E-state index in [2.05, 4.69) is 252 Å². The molecule has 0 atom stereocenters. The smallest absolute Gasteiger partial charge is 0.0547 e. The van der Waals surface area contributed by atoms with Gasteiger partial charge in [-0.05, 0) is 145 Å². The van der Waals surface area contributed by atoms with Gasteiger partial charge in [0.1, 0.15) is 0 Å². The molecule has 13 rings (SSSR count). The van der Waals surface area contributed by atoms with Crippen LogP contribution < -0.4 is 4.90 Å². The van der Waals surface area contributed by atoms with Gasteiger partial charge >= 0.3 is 0 Å². The Hall–Kier alpha value is -8.46. The Morgan fingerprint density at radius 3 is 1.85 bits per heavy atom. The second-order valence-corrected chi connectivity index (χ2v) is 17.6. The van der Waals surface area contributed by atoms with Crippen molar-refractivity contribution in [1.82, 2.24) is 4.57 Å². The molecule has 0 aliphatic heterocycles. The normalized spacial score (nSPS) is 12.4. The van der Waals surface area contributed by atoms with E-state index in [-0.39, 0.29) is 0 Å². The number of rotatable bonds is 7. The van der Waals surface area contributed by atoms with Crippen LogP contribution in [0.3, 0.4) is 0 Å². The van der Waals surface area contributed by atoms with E-state index in [0.717, 1.165) is 35.6 Å². The maximum Gasteiger partial charge on any atom is 0.0547 e. The summed E-state index contributed by atoms with van der Waals surface area (Å²) in [6.07, 6.45) is 6.82. The molecule has 0 saturated carbocycles. The lowest BCUT2D eigenvalue weighted by atomic mass is 9.89. The predicted octanol–water partition coefficient (Wildman–Crippen LogP) is 17.7. The number of aryl methyl sites for hydroxylation is 1. The molecule has 310 valence electrons. The van der Waals surface area contributed by atoms with Gasteiger partial charge in [-0.3, -0.25) is 0 Å². The van der Waals surface area contributed by atoms with E-state index in [9.17, 15) is 0 Å². The topological polar surface area (TPSA) is 8.17 Å². The highest BCUT2D eigenvalue weighted by molar-refractivity contribution is 6.19. The van der Waals surface area contributed by atoms with Crippen molar-refractivity contribution in [2.75, 3.05) is 4.90 Å². The van der Waals surface area contributed by atoms with Crippen molar-refractivity contribution in [2.45, 2.75) is 12.8 Å². The number of hydrogen-bond acceptors (Lipinski definition) is 1. The lowest BCUT2D eigenvalue weighted by Crippen LogP contribution is -2.11. The third-order valence-corrected chi connectivity index (χ3v) is 13.8. The summed E-state index contributed by atoms with van der Waals surface area (Å²) in [7, 11) is 0. The summed E-state index contributed by atoms with van der Waals surface area (Å²) in [5.41, 5.74) is 17.0. The molecule has 1 aromatic heterocycles. The van der Waals surface area contributed by atoms with Crippen molar-refractivity contribution in [3.63, 3.8) is 0 Å². The van der Waals surface area contributed by atoms with Gasteiger partial charge in [-0.15, -0.1) is 0 Å². The molecule has 11 aromatic carbocycles. The highest BCUT2D eigenvalue weighted by atomic mass is 15.1. The molecular weight excluding hydrogens is 797 g/mol. The summed E-state index contributed by atoms with van der Waals surface area (Å²) in [5.74, 6) is 0. The molecule has 66 heavy (non-hydrogen) atoms. The van der Waals surface area contributed by atoms with Crippen LogP contribution >= 0.6 is 0 Å². The van der Waals surface area contributed by atoms with E-state index in [1.54, 1.807) is 0 Å². The number of allylic oxidation sites excluding steroid dienone is 1. The average molecular weight is 841 g/mol. The van der Waals surface area contributed by atoms with E-state index >= 15 is 0 Å². The Kier molecular flexibility index (Phi) is 9.02. The van der Waals surface area contributed by atoms with Crippen LogP contribution in [0.25, 0.3) is 99.3 Å². The standard InChI is InChI=1S/C64H44N2/c1-2-21-51(22-3-1)66-61-30-14-29-57(64(61)60-40-47-16-4-5-17-48(47)41-63(60)66)49-20-12-23-53(39-49)65(62-42-50-18-7-9-25-56(50)58-26-10-11-27-59(58)62)52-37-35-44(36-38-52)43-31-33-46(34-32-43)55-28-13-19-45-15-6-8-24-54(45)55/h1-5,7-14,16-42H,6,15H2. The van der Waals surface area contributed by atoms with Crippen LogP contribution in [0.2, 0.25) is 0 Å². The molecule has 0 unspecified atom stereocenters. The highest BCUT2D eigenvalue weighted by Crippen LogP contribution is 2.45. The minimum atomic E-state index is 1.10. The number of para-hydroxylation sites is 1. The third-order valence-electron chi connectivity index (χ3n) is 13.8. The molecule has 0 amide bonds. The van der Waals surface area contributed by atoms with Gasteiger partial charge in [-0.25, -0.2) is 0 Å². The number of benzene rings is 11. The van der Waals surface area contributed by atoms with E-state index in [1.165, 1.54) is 98.6 Å². The SMILES string of the molecule is C1=Cc2c(cccc2-c2ccc(-c3ccc(N(c4cccc(-c5cccc6c5c5cc7ccccc7cc5n6-c5ccccc5)c4)c4cc5ccccc5c5ccccc45)cc3)cc2)CC1. The van der Waals surface area contributed by atoms with E-state index in [4.69, 9.17) is 0 Å². The summed E-state index contributed by atoms with van der Waals surface area (Å²) in [6, 6.07) is 85.1. The van der Waals surface area contributed by atoms with Crippen molar-refractivity contribution in [3.05, 3.63) is 248 Å². The van der Waals surface area contributed by atoms with E-state index in [0.29, 0.717) is 0 Å². The second-order valence-electron chi connectivity index (χ2n) is 17.6. The minimum absolute atomic E-state index is 1.10. The zero-order valence-corrected chi connectivity index (χ0v) is 36.4. The minimum Gasteiger partial charge on any atom is -0.310 e. The van der Waals surface area contributed by atoms with Crippen LogP contribution in [-0.4, -0.2) is 4.57 Å². The summed E-state index contributed by atoms with van der Waals surface area (Å²) < 4.78 is 2.43. The Morgan fingerprint density at radius 1 is 0.379 bits per heavy atom. The van der Waals surface area contributed by atoms with Gasteiger partial charge in [0.2, 0.25) is 0 Å². The first-order chi connectivity index (χ1) is 32.7. The van der Waals surface area contributed by atoms with Crippen LogP contribution in [0, 0.1) is 0 Å². The molecule has 0 spiro atoms. The quantitative estimate of drug-likeness (QED) is 0.145. The molecule has 1 heterocycles. The fourth-order valence-corrected chi connectivity index (χ4v) is 10.7. The Morgan fingerprint density at radius 2 is 1.03 bits per heavy atom. The first kappa shape index (κ1) is 38.0. The maximum atomic E-state index is 2.46. The fraction of sp³-hybridized carbons (Fsp3) is 0.0312. The van der Waals surface area contributed by atoms with Gasteiger partial charge in [-0.1, -0.05) is 182 Å². The van der Waals surface area contributed by atoms with Crippen molar-refractivity contribution >= 4 is 77.3 Å². The number of aromatic nitrogens is 1. The molecular formula is C64H44N2. The van der Waals surface area contributed by atoms with Crippen LogP contribution in [0.1, 0.15) is 17.5 Å². The first-order valence-corrected chi connectivity index (χ1v) is 23.1. The number of anilines is 3. The van der Waals surface area contributed by atoms with Gasteiger partial charge in [0.25, 0.3) is 0 Å². The maximum absolute atomic E-state index is 2.46. The van der Waals surface area contributed by atoms with Gasteiger partial charge in [0.05, 0.1) is 16.7 Å². The molecule has 0 saturated heterocycles. The van der Waals surface area contributed by atoms with E-state index in [1.807, 2.05) is 0 Å². The molecule has 0 bridgehead atoms. The lowest BCUT2D eigenvalue weighted by Gasteiger charge is -2.28. The van der Waals surface area contributed by atoms with Gasteiger partial charge in [0.15, 0.2) is 0 Å². The largest absolute Gasteiger partial charge is 0.310 e. The summed E-state index contributed by atoms with van der Waals surface area (Å²) in [6.45, 7) is 0. The van der Waals surface area contributed by atoms with Gasteiger partial charge in [0, 0.05) is 33.2 Å². The monoisotopic (exact) mass is 840 g/mol. The van der Waals surface area contributed by atoms with Crippen LogP contribution in [0.15, 0.2) is 237 Å². The zero-order chi connectivity index (χ0) is 43.6. The van der Waals surface area contributed by atoms with Crippen LogP contribution in [0.4, 0.5) is 17.1 Å². The molecule has 12 aromatic rings. The summed E-state index contributed by atoms with van der Waals surface area (Å²) in [5, 5.41) is 9.88. The van der Waals surface area contributed by atoms with Crippen molar-refractivity contribution in [1.29, 1.82) is 0 Å². The van der Waals surface area contributed by atoms with Crippen molar-refractivity contribution in [3.8, 4) is 39.1 Å². The Bertz CT molecular complexity index is 3860. The first-order valence-electron chi connectivity index (χ1n) is 23.1. The van der Waals surface area contributed by atoms with Crippen molar-refractivity contribution < 1.29 is 0 Å². The lowest BCUT2D eigenvalue weighted by molar-refractivity contribution is 0.986. The zero-order valence-electron chi connectivity index (χ0n) is 36.4. The van der Waals surface area contributed by atoms with Crippen LogP contribution in [-0.2, 0) is 6.42 Å². The Balaban J connectivity index is 0.970. The van der Waals surface area contributed by atoms with E-state index < -0.39 is 0 Å². The number of fused-ring (bicyclic) bond motifs is 8. The Labute approximate surface area is 384 Å². The second kappa shape index (κ2) is 15.7. The third kappa shape index (κ3) is 6.33. The van der Waals surface area contributed by atoms with Gasteiger partial charge in [-0.2, -0.15) is 0 Å². The molecule has 0 fully saturated rings. The summed E-state index contributed by atoms with van der Waals surface area (Å²) in [4.78, 5) is 2.46. The number of nitrogens with zero attached hydrogens (tertiary/aromatic N) is 2. The van der Waals surface area contributed by atoms with Crippen LogP contribution in [0.5, 0.6) is 0 Å². The van der Waals surface area contributed by atoms with Crippen molar-refractivity contribution in [2.24, 2.45) is 0 Å². The molecule has 1 aliphatic carbocycles. The molecule has 2 heteroatoms. The summed E-state index contributed by atoms with van der Waals surface area (Å²) >= 11 is 0. The molecule has 1 aliphatic rings. The van der Waals surface area contributed by atoms with Gasteiger partial charge < -0.3 is 9.47 Å².